The van der Waals surface area contributed by atoms with Gasteiger partial charge in [-0.2, -0.15) is 0 Å². The molecule has 0 radical (unpaired) electrons. The Morgan fingerprint density at radius 3 is 2.65 bits per heavy atom. The molecule has 3 nitrogen and oxygen atoms in total. The normalized spacial score (nSPS) is 12.5. The van der Waals surface area contributed by atoms with Gasteiger partial charge in [0.25, 0.3) is 0 Å². The van der Waals surface area contributed by atoms with E-state index < -0.39 is 0 Å². The fourth-order valence-corrected chi connectivity index (χ4v) is 2.46. The Labute approximate surface area is 126 Å². The van der Waals surface area contributed by atoms with Gasteiger partial charge < -0.3 is 11.1 Å². The van der Waals surface area contributed by atoms with E-state index in [1.54, 1.807) is 6.07 Å². The number of hydrogen-bond donors (Lipinski definition) is 2. The van der Waals surface area contributed by atoms with E-state index in [0.717, 1.165) is 24.1 Å². The summed E-state index contributed by atoms with van der Waals surface area (Å²) in [6.45, 7) is 6.99. The first-order valence-electron chi connectivity index (χ1n) is 7.20. The van der Waals surface area contributed by atoms with Crippen LogP contribution in [0.25, 0.3) is 0 Å². The standard InChI is InChI=1S/C16H25ClN2O/c1-11(2)13(8-9-18)5-7-16(20)19-15-10-14(17)6-4-12(15)3/h4,6,10-11,13H,5,7-9,18H2,1-3H3,(H,19,20). The summed E-state index contributed by atoms with van der Waals surface area (Å²) in [5.41, 5.74) is 7.43. The maximum absolute atomic E-state index is 12.0. The third-order valence-corrected chi connectivity index (χ3v) is 3.93. The molecule has 1 aromatic rings. The topological polar surface area (TPSA) is 55.1 Å². The lowest BCUT2D eigenvalue weighted by Crippen LogP contribution is -2.18. The van der Waals surface area contributed by atoms with Crippen LogP contribution >= 0.6 is 11.6 Å². The Morgan fingerprint density at radius 2 is 2.05 bits per heavy atom. The quantitative estimate of drug-likeness (QED) is 0.799. The molecule has 1 atom stereocenters. The van der Waals surface area contributed by atoms with Crippen molar-refractivity contribution < 1.29 is 4.79 Å². The van der Waals surface area contributed by atoms with Crippen LogP contribution in [0.2, 0.25) is 5.02 Å². The van der Waals surface area contributed by atoms with Crippen molar-refractivity contribution in [3.63, 3.8) is 0 Å². The van der Waals surface area contributed by atoms with Crippen molar-refractivity contribution in [1.29, 1.82) is 0 Å². The predicted octanol–water partition coefficient (Wildman–Crippen LogP) is 3.99. The Bertz CT molecular complexity index is 446. The monoisotopic (exact) mass is 296 g/mol. The molecule has 112 valence electrons. The number of carbonyl (C=O) groups is 1. The molecule has 1 aromatic carbocycles. The van der Waals surface area contributed by atoms with Gasteiger partial charge in [-0.05, 0) is 55.8 Å². The lowest BCUT2D eigenvalue weighted by molar-refractivity contribution is -0.116. The number of nitrogens with one attached hydrogen (secondary N) is 1. The molecule has 0 aliphatic carbocycles. The zero-order valence-electron chi connectivity index (χ0n) is 12.6. The van der Waals surface area contributed by atoms with Crippen LogP contribution in [0, 0.1) is 18.8 Å². The highest BCUT2D eigenvalue weighted by molar-refractivity contribution is 6.31. The van der Waals surface area contributed by atoms with Crippen LogP contribution in [0.15, 0.2) is 18.2 Å². The van der Waals surface area contributed by atoms with E-state index in [9.17, 15) is 4.79 Å². The maximum atomic E-state index is 12.0. The SMILES string of the molecule is Cc1ccc(Cl)cc1NC(=O)CCC(CCN)C(C)C. The second-order valence-electron chi connectivity index (χ2n) is 5.63. The van der Waals surface area contributed by atoms with Gasteiger partial charge in [0, 0.05) is 17.1 Å². The summed E-state index contributed by atoms with van der Waals surface area (Å²) in [4.78, 5) is 12.0. The van der Waals surface area contributed by atoms with Gasteiger partial charge in [-0.25, -0.2) is 0 Å². The molecule has 0 saturated heterocycles. The van der Waals surface area contributed by atoms with Crippen molar-refractivity contribution in [2.45, 2.75) is 40.0 Å². The number of anilines is 1. The van der Waals surface area contributed by atoms with Crippen molar-refractivity contribution in [3.05, 3.63) is 28.8 Å². The van der Waals surface area contributed by atoms with Gasteiger partial charge >= 0.3 is 0 Å². The molecular weight excluding hydrogens is 272 g/mol. The predicted molar refractivity (Wildman–Crippen MR) is 86.1 cm³/mol. The number of carbonyl (C=O) groups excluding carboxylic acids is 1. The highest BCUT2D eigenvalue weighted by Gasteiger charge is 2.14. The Hall–Kier alpha value is -1.06. The van der Waals surface area contributed by atoms with Crippen molar-refractivity contribution in [2.75, 3.05) is 11.9 Å². The molecule has 0 bridgehead atoms. The number of benzene rings is 1. The molecule has 1 amide bonds. The molecule has 0 saturated carbocycles. The summed E-state index contributed by atoms with van der Waals surface area (Å²) in [6, 6.07) is 5.51. The van der Waals surface area contributed by atoms with Gasteiger partial charge in [0.15, 0.2) is 0 Å². The zero-order valence-corrected chi connectivity index (χ0v) is 13.3. The molecule has 1 rings (SSSR count). The first kappa shape index (κ1) is 17.0. The first-order valence-corrected chi connectivity index (χ1v) is 7.58. The van der Waals surface area contributed by atoms with E-state index in [0.29, 0.717) is 29.8 Å². The molecule has 3 N–H and O–H groups in total. The van der Waals surface area contributed by atoms with Crippen LogP contribution in [0.4, 0.5) is 5.69 Å². The van der Waals surface area contributed by atoms with Crippen LogP contribution in [0.5, 0.6) is 0 Å². The largest absolute Gasteiger partial charge is 0.330 e. The Morgan fingerprint density at radius 1 is 1.35 bits per heavy atom. The second-order valence-corrected chi connectivity index (χ2v) is 6.06. The van der Waals surface area contributed by atoms with Crippen molar-refractivity contribution in [1.82, 2.24) is 0 Å². The minimum absolute atomic E-state index is 0.0399. The fraction of sp³-hybridized carbons (Fsp3) is 0.562. The highest BCUT2D eigenvalue weighted by atomic mass is 35.5. The molecule has 0 fully saturated rings. The van der Waals surface area contributed by atoms with Gasteiger partial charge in [-0.3, -0.25) is 4.79 Å². The van der Waals surface area contributed by atoms with Crippen LogP contribution in [0.1, 0.15) is 38.7 Å². The molecule has 4 heteroatoms. The van der Waals surface area contributed by atoms with Gasteiger partial charge in [-0.15, -0.1) is 0 Å². The minimum atomic E-state index is 0.0399. The number of nitrogens with two attached hydrogens (primary N) is 1. The lowest BCUT2D eigenvalue weighted by atomic mass is 9.88. The van der Waals surface area contributed by atoms with Crippen LogP contribution in [-0.2, 0) is 4.79 Å². The molecule has 1 unspecified atom stereocenters. The number of halogens is 1. The summed E-state index contributed by atoms with van der Waals surface area (Å²) in [7, 11) is 0. The molecular formula is C16H25ClN2O. The Kier molecular flexibility index (Phi) is 7.03. The van der Waals surface area contributed by atoms with Gasteiger partial charge in [0.1, 0.15) is 0 Å². The zero-order chi connectivity index (χ0) is 15.1. The van der Waals surface area contributed by atoms with Gasteiger partial charge in [0.05, 0.1) is 0 Å². The van der Waals surface area contributed by atoms with Crippen molar-refractivity contribution in [2.24, 2.45) is 17.6 Å². The summed E-state index contributed by atoms with van der Waals surface area (Å²) in [6.07, 6.45) is 2.37. The number of aryl methyl sites for hydroxylation is 1. The van der Waals surface area contributed by atoms with E-state index >= 15 is 0 Å². The van der Waals surface area contributed by atoms with E-state index in [1.165, 1.54) is 0 Å². The van der Waals surface area contributed by atoms with Crippen LogP contribution < -0.4 is 11.1 Å². The number of hydrogen-bond acceptors (Lipinski definition) is 2. The third kappa shape index (κ3) is 5.51. The molecule has 0 heterocycles. The first-order chi connectivity index (χ1) is 9.43. The second kappa shape index (κ2) is 8.28. The van der Waals surface area contributed by atoms with Crippen LogP contribution in [-0.4, -0.2) is 12.5 Å². The van der Waals surface area contributed by atoms with Gasteiger partial charge in [0.2, 0.25) is 5.91 Å². The van der Waals surface area contributed by atoms with E-state index in [1.807, 2.05) is 19.1 Å². The van der Waals surface area contributed by atoms with E-state index in [2.05, 4.69) is 19.2 Å². The van der Waals surface area contributed by atoms with Crippen LogP contribution in [0.3, 0.4) is 0 Å². The molecule has 0 spiro atoms. The molecule has 0 aromatic heterocycles. The van der Waals surface area contributed by atoms with Crippen molar-refractivity contribution >= 4 is 23.2 Å². The summed E-state index contributed by atoms with van der Waals surface area (Å²) >= 11 is 5.95. The average molecular weight is 297 g/mol. The van der Waals surface area contributed by atoms with E-state index in [4.69, 9.17) is 17.3 Å². The van der Waals surface area contributed by atoms with Gasteiger partial charge in [-0.1, -0.05) is 31.5 Å². The lowest BCUT2D eigenvalue weighted by Gasteiger charge is -2.19. The minimum Gasteiger partial charge on any atom is -0.330 e. The highest BCUT2D eigenvalue weighted by Crippen LogP contribution is 2.23. The maximum Gasteiger partial charge on any atom is 0.224 e. The summed E-state index contributed by atoms with van der Waals surface area (Å²) in [5, 5.41) is 3.57. The average Bonchev–Trinajstić information content (AvgIpc) is 2.38. The summed E-state index contributed by atoms with van der Waals surface area (Å²) in [5.74, 6) is 1.10. The van der Waals surface area contributed by atoms with Crippen molar-refractivity contribution in [3.8, 4) is 0 Å². The molecule has 0 aliphatic rings. The van der Waals surface area contributed by atoms with E-state index in [-0.39, 0.29) is 5.91 Å². The summed E-state index contributed by atoms with van der Waals surface area (Å²) < 4.78 is 0. The Balaban J connectivity index is 2.53. The number of amides is 1. The molecule has 20 heavy (non-hydrogen) atoms. The third-order valence-electron chi connectivity index (χ3n) is 3.70. The number of rotatable bonds is 7. The molecule has 0 aliphatic heterocycles. The fourth-order valence-electron chi connectivity index (χ4n) is 2.28. The smallest absolute Gasteiger partial charge is 0.224 e.